The van der Waals surface area contributed by atoms with Gasteiger partial charge in [0.25, 0.3) is 0 Å². The molecule has 0 saturated heterocycles. The Morgan fingerprint density at radius 1 is 1.24 bits per heavy atom. The molecule has 0 spiro atoms. The molecule has 0 atom stereocenters. The zero-order valence-electron chi connectivity index (χ0n) is 13.4. The third-order valence-corrected chi connectivity index (χ3v) is 4.56. The number of hydrogen-bond donors (Lipinski definition) is 1. The van der Waals surface area contributed by atoms with Crippen LogP contribution in [0.2, 0.25) is 0 Å². The number of nitrogens with zero attached hydrogens (tertiary/aromatic N) is 2. The zero-order valence-corrected chi connectivity index (χ0v) is 14.2. The maximum atomic E-state index is 4.75. The SMILES string of the molecule is CNCc1c(C)nn(-c2ccccc2)c1SCCC(C)C. The molecule has 114 valence electrons. The molecule has 0 radical (unpaired) electrons. The molecule has 2 rings (SSSR count). The number of para-hydroxylation sites is 1. The molecular formula is C17H25N3S. The summed E-state index contributed by atoms with van der Waals surface area (Å²) in [6.45, 7) is 7.50. The molecule has 1 N–H and O–H groups in total. The average molecular weight is 303 g/mol. The van der Waals surface area contributed by atoms with Gasteiger partial charge in [0.1, 0.15) is 5.03 Å². The summed E-state index contributed by atoms with van der Waals surface area (Å²) in [5.74, 6) is 1.87. The summed E-state index contributed by atoms with van der Waals surface area (Å²) in [4.78, 5) is 0. The molecule has 0 saturated carbocycles. The van der Waals surface area contributed by atoms with Crippen molar-refractivity contribution in [3.05, 3.63) is 41.6 Å². The van der Waals surface area contributed by atoms with Crippen molar-refractivity contribution in [2.45, 2.75) is 38.8 Å². The largest absolute Gasteiger partial charge is 0.316 e. The van der Waals surface area contributed by atoms with Crippen molar-refractivity contribution in [3.63, 3.8) is 0 Å². The molecule has 0 aliphatic heterocycles. The summed E-state index contributed by atoms with van der Waals surface area (Å²) in [5.41, 5.74) is 3.56. The molecule has 0 fully saturated rings. The minimum atomic E-state index is 0.736. The van der Waals surface area contributed by atoms with Crippen molar-refractivity contribution in [2.75, 3.05) is 12.8 Å². The molecule has 0 unspecified atom stereocenters. The smallest absolute Gasteiger partial charge is 0.105 e. The standard InChI is InChI=1S/C17H25N3S/c1-13(2)10-11-21-17-16(12-18-4)14(3)19-20(17)15-8-6-5-7-9-15/h5-9,13,18H,10-12H2,1-4H3. The fraction of sp³-hybridized carbons (Fsp3) is 0.471. The van der Waals surface area contributed by atoms with E-state index in [1.807, 2.05) is 24.9 Å². The van der Waals surface area contributed by atoms with Crippen LogP contribution in [0.15, 0.2) is 35.4 Å². The van der Waals surface area contributed by atoms with Gasteiger partial charge in [0.2, 0.25) is 0 Å². The Hall–Kier alpha value is -1.26. The number of hydrogen-bond acceptors (Lipinski definition) is 3. The van der Waals surface area contributed by atoms with E-state index in [0.717, 1.165) is 29.6 Å². The van der Waals surface area contributed by atoms with Crippen LogP contribution in [-0.2, 0) is 6.54 Å². The number of thioether (sulfide) groups is 1. The fourth-order valence-corrected chi connectivity index (χ4v) is 3.65. The molecule has 2 aromatic rings. The van der Waals surface area contributed by atoms with Gasteiger partial charge in [-0.3, -0.25) is 0 Å². The maximum absolute atomic E-state index is 4.75. The normalized spacial score (nSPS) is 11.3. The predicted octanol–water partition coefficient (Wildman–Crippen LogP) is 4.04. The van der Waals surface area contributed by atoms with E-state index in [9.17, 15) is 0 Å². The van der Waals surface area contributed by atoms with Gasteiger partial charge in [0.05, 0.1) is 11.4 Å². The zero-order chi connectivity index (χ0) is 15.2. The highest BCUT2D eigenvalue weighted by atomic mass is 32.2. The lowest BCUT2D eigenvalue weighted by Gasteiger charge is -2.10. The van der Waals surface area contributed by atoms with Gasteiger partial charge in [0.15, 0.2) is 0 Å². The van der Waals surface area contributed by atoms with Gasteiger partial charge in [-0.05, 0) is 44.2 Å². The lowest BCUT2D eigenvalue weighted by atomic mass is 10.2. The minimum absolute atomic E-state index is 0.736. The Bertz CT molecular complexity index is 561. The van der Waals surface area contributed by atoms with Gasteiger partial charge in [-0.15, -0.1) is 11.8 Å². The van der Waals surface area contributed by atoms with Crippen molar-refractivity contribution in [1.82, 2.24) is 15.1 Å². The van der Waals surface area contributed by atoms with Crippen LogP contribution in [0.1, 0.15) is 31.5 Å². The van der Waals surface area contributed by atoms with Crippen LogP contribution in [0.4, 0.5) is 0 Å². The summed E-state index contributed by atoms with van der Waals surface area (Å²) in [6.07, 6.45) is 1.22. The average Bonchev–Trinajstić information content (AvgIpc) is 2.77. The third-order valence-electron chi connectivity index (χ3n) is 3.43. The lowest BCUT2D eigenvalue weighted by molar-refractivity contribution is 0.631. The van der Waals surface area contributed by atoms with Crippen molar-refractivity contribution < 1.29 is 0 Å². The highest BCUT2D eigenvalue weighted by Crippen LogP contribution is 2.29. The van der Waals surface area contributed by atoms with Crippen LogP contribution in [-0.4, -0.2) is 22.6 Å². The molecule has 0 amide bonds. The Morgan fingerprint density at radius 3 is 2.57 bits per heavy atom. The molecule has 3 nitrogen and oxygen atoms in total. The van der Waals surface area contributed by atoms with E-state index in [4.69, 9.17) is 5.10 Å². The summed E-state index contributed by atoms with van der Waals surface area (Å²) in [5, 5.41) is 9.29. The topological polar surface area (TPSA) is 29.9 Å². The minimum Gasteiger partial charge on any atom is -0.316 e. The van der Waals surface area contributed by atoms with Crippen LogP contribution in [0.25, 0.3) is 5.69 Å². The fourth-order valence-electron chi connectivity index (χ4n) is 2.20. The first kappa shape index (κ1) is 16.1. The second kappa shape index (κ2) is 7.66. The van der Waals surface area contributed by atoms with Crippen LogP contribution in [0, 0.1) is 12.8 Å². The second-order valence-electron chi connectivity index (χ2n) is 5.68. The third kappa shape index (κ3) is 4.11. The van der Waals surface area contributed by atoms with E-state index in [1.54, 1.807) is 0 Å². The first-order chi connectivity index (χ1) is 10.1. The monoisotopic (exact) mass is 303 g/mol. The van der Waals surface area contributed by atoms with Crippen LogP contribution < -0.4 is 5.32 Å². The number of rotatable bonds is 7. The van der Waals surface area contributed by atoms with E-state index in [-0.39, 0.29) is 0 Å². The van der Waals surface area contributed by atoms with Gasteiger partial charge in [0, 0.05) is 12.1 Å². The van der Waals surface area contributed by atoms with Gasteiger partial charge in [-0.25, -0.2) is 4.68 Å². The molecule has 1 aromatic carbocycles. The summed E-state index contributed by atoms with van der Waals surface area (Å²) in [7, 11) is 1.99. The Balaban J connectivity index is 2.33. The van der Waals surface area contributed by atoms with Crippen LogP contribution >= 0.6 is 11.8 Å². The van der Waals surface area contributed by atoms with E-state index < -0.39 is 0 Å². The van der Waals surface area contributed by atoms with Crippen molar-refractivity contribution in [1.29, 1.82) is 0 Å². The van der Waals surface area contributed by atoms with E-state index >= 15 is 0 Å². The number of nitrogens with one attached hydrogen (secondary N) is 1. The molecule has 0 aliphatic carbocycles. The first-order valence-corrected chi connectivity index (χ1v) is 8.53. The highest BCUT2D eigenvalue weighted by Gasteiger charge is 2.16. The van der Waals surface area contributed by atoms with Crippen molar-refractivity contribution in [2.24, 2.45) is 5.92 Å². The highest BCUT2D eigenvalue weighted by molar-refractivity contribution is 7.99. The Labute approximate surface area is 132 Å². The molecule has 0 bridgehead atoms. The Morgan fingerprint density at radius 2 is 1.95 bits per heavy atom. The summed E-state index contributed by atoms with van der Waals surface area (Å²) in [6, 6.07) is 10.4. The summed E-state index contributed by atoms with van der Waals surface area (Å²) < 4.78 is 2.09. The van der Waals surface area contributed by atoms with E-state index in [1.165, 1.54) is 17.0 Å². The molecule has 4 heteroatoms. The maximum Gasteiger partial charge on any atom is 0.105 e. The second-order valence-corrected chi connectivity index (χ2v) is 6.76. The van der Waals surface area contributed by atoms with Gasteiger partial charge >= 0.3 is 0 Å². The van der Waals surface area contributed by atoms with E-state index in [0.29, 0.717) is 0 Å². The van der Waals surface area contributed by atoms with Gasteiger partial charge < -0.3 is 5.32 Å². The molecule has 0 aliphatic rings. The van der Waals surface area contributed by atoms with Crippen LogP contribution in [0.3, 0.4) is 0 Å². The van der Waals surface area contributed by atoms with Gasteiger partial charge in [-0.1, -0.05) is 32.0 Å². The quantitative estimate of drug-likeness (QED) is 0.783. The number of aromatic nitrogens is 2. The summed E-state index contributed by atoms with van der Waals surface area (Å²) >= 11 is 1.92. The molecule has 1 aromatic heterocycles. The molecular weight excluding hydrogens is 278 g/mol. The number of aryl methyl sites for hydroxylation is 1. The van der Waals surface area contributed by atoms with E-state index in [2.05, 4.69) is 55.0 Å². The van der Waals surface area contributed by atoms with Crippen molar-refractivity contribution >= 4 is 11.8 Å². The first-order valence-electron chi connectivity index (χ1n) is 7.54. The molecule has 1 heterocycles. The Kier molecular flexibility index (Phi) is 5.88. The lowest BCUT2D eigenvalue weighted by Crippen LogP contribution is -2.07. The number of benzene rings is 1. The van der Waals surface area contributed by atoms with Gasteiger partial charge in [-0.2, -0.15) is 5.10 Å². The predicted molar refractivity (Wildman–Crippen MR) is 91.2 cm³/mol. The van der Waals surface area contributed by atoms with Crippen LogP contribution in [0.5, 0.6) is 0 Å². The van der Waals surface area contributed by atoms with Crippen molar-refractivity contribution in [3.8, 4) is 5.69 Å². The molecule has 21 heavy (non-hydrogen) atoms.